The third kappa shape index (κ3) is 4.13. The van der Waals surface area contributed by atoms with E-state index in [0.29, 0.717) is 29.2 Å². The second-order valence-corrected chi connectivity index (χ2v) is 7.52. The number of hydrogen-bond acceptors (Lipinski definition) is 5. The van der Waals surface area contributed by atoms with Crippen molar-refractivity contribution < 1.29 is 9.72 Å². The SMILES string of the molecule is Cc1nn(Cc2ccc(C(=O)Nc3cccc(-n4nccc4C)c3)cc2)c(C)c1[N+](=O)[O-]. The largest absolute Gasteiger partial charge is 0.322 e. The molecule has 0 unspecified atom stereocenters. The number of benzene rings is 2. The molecule has 32 heavy (non-hydrogen) atoms. The summed E-state index contributed by atoms with van der Waals surface area (Å²) in [5, 5.41) is 22.6. The molecule has 0 aliphatic heterocycles. The van der Waals surface area contributed by atoms with Gasteiger partial charge in [-0.25, -0.2) is 4.68 Å². The first-order chi connectivity index (χ1) is 15.3. The van der Waals surface area contributed by atoms with Gasteiger partial charge in [-0.15, -0.1) is 0 Å². The molecule has 162 valence electrons. The van der Waals surface area contributed by atoms with E-state index in [4.69, 9.17) is 0 Å². The first-order valence-electron chi connectivity index (χ1n) is 10.0. The van der Waals surface area contributed by atoms with Crippen molar-refractivity contribution in [2.24, 2.45) is 0 Å². The molecule has 0 bridgehead atoms. The Labute approximate surface area is 184 Å². The van der Waals surface area contributed by atoms with Crippen molar-refractivity contribution in [3.05, 3.63) is 99.1 Å². The van der Waals surface area contributed by atoms with E-state index in [2.05, 4.69) is 15.5 Å². The standard InChI is InChI=1S/C23H22N6O3/c1-15-11-12-24-28(15)21-6-4-5-20(13-21)25-23(30)19-9-7-18(8-10-19)14-27-17(3)22(29(31)32)16(2)26-27/h4-13H,14H2,1-3H3,(H,25,30). The molecule has 0 saturated heterocycles. The number of hydrogen-bond donors (Lipinski definition) is 1. The number of nitrogens with zero attached hydrogens (tertiary/aromatic N) is 5. The number of aryl methyl sites for hydroxylation is 2. The van der Waals surface area contributed by atoms with Crippen LogP contribution >= 0.6 is 0 Å². The molecule has 0 aliphatic rings. The van der Waals surface area contributed by atoms with Crippen molar-refractivity contribution in [3.8, 4) is 5.69 Å². The second-order valence-electron chi connectivity index (χ2n) is 7.52. The van der Waals surface area contributed by atoms with Gasteiger partial charge in [-0.3, -0.25) is 19.6 Å². The van der Waals surface area contributed by atoms with Crippen LogP contribution in [-0.4, -0.2) is 30.4 Å². The van der Waals surface area contributed by atoms with Gasteiger partial charge in [-0.2, -0.15) is 10.2 Å². The summed E-state index contributed by atoms with van der Waals surface area (Å²) in [6.07, 6.45) is 1.73. The molecule has 1 N–H and O–H groups in total. The molecule has 0 aliphatic carbocycles. The lowest BCUT2D eigenvalue weighted by atomic mass is 10.1. The number of amides is 1. The highest BCUT2D eigenvalue weighted by molar-refractivity contribution is 6.04. The van der Waals surface area contributed by atoms with Crippen LogP contribution in [0.4, 0.5) is 11.4 Å². The molecule has 9 heteroatoms. The van der Waals surface area contributed by atoms with Gasteiger partial charge in [0.1, 0.15) is 11.4 Å². The third-order valence-corrected chi connectivity index (χ3v) is 5.25. The molecule has 0 radical (unpaired) electrons. The van der Waals surface area contributed by atoms with Crippen LogP contribution in [-0.2, 0) is 6.54 Å². The number of carbonyl (C=O) groups excluding carboxylic acids is 1. The monoisotopic (exact) mass is 430 g/mol. The smallest absolute Gasteiger partial charge is 0.312 e. The number of anilines is 1. The molecule has 4 rings (SSSR count). The zero-order chi connectivity index (χ0) is 22.8. The fourth-order valence-corrected chi connectivity index (χ4v) is 3.60. The van der Waals surface area contributed by atoms with Crippen LogP contribution < -0.4 is 5.32 Å². The maximum atomic E-state index is 12.7. The quantitative estimate of drug-likeness (QED) is 0.364. The maximum Gasteiger partial charge on any atom is 0.312 e. The minimum absolute atomic E-state index is 0.0357. The average molecular weight is 430 g/mol. The van der Waals surface area contributed by atoms with Crippen LogP contribution in [0.3, 0.4) is 0 Å². The van der Waals surface area contributed by atoms with Gasteiger partial charge in [0.2, 0.25) is 0 Å². The lowest BCUT2D eigenvalue weighted by molar-refractivity contribution is -0.386. The predicted octanol–water partition coefficient (Wildman–Crippen LogP) is 4.20. The van der Waals surface area contributed by atoms with E-state index in [1.54, 1.807) is 41.5 Å². The van der Waals surface area contributed by atoms with E-state index >= 15 is 0 Å². The molecule has 0 saturated carbocycles. The van der Waals surface area contributed by atoms with Crippen LogP contribution in [0.5, 0.6) is 0 Å². The summed E-state index contributed by atoms with van der Waals surface area (Å²) >= 11 is 0. The predicted molar refractivity (Wildman–Crippen MR) is 120 cm³/mol. The maximum absolute atomic E-state index is 12.7. The molecular formula is C23H22N6O3. The van der Waals surface area contributed by atoms with Crippen LogP contribution in [0, 0.1) is 30.9 Å². The molecule has 9 nitrogen and oxygen atoms in total. The lowest BCUT2D eigenvalue weighted by Gasteiger charge is -2.10. The molecule has 4 aromatic rings. The Morgan fingerprint density at radius 1 is 1.09 bits per heavy atom. The van der Waals surface area contributed by atoms with Crippen LogP contribution in [0.15, 0.2) is 60.8 Å². The van der Waals surface area contributed by atoms with Gasteiger partial charge in [0, 0.05) is 23.1 Å². The first kappa shape index (κ1) is 21.0. The van der Waals surface area contributed by atoms with Gasteiger partial charge in [-0.05, 0) is 62.7 Å². The fourth-order valence-electron chi connectivity index (χ4n) is 3.60. The third-order valence-electron chi connectivity index (χ3n) is 5.25. The first-order valence-corrected chi connectivity index (χ1v) is 10.0. The zero-order valence-corrected chi connectivity index (χ0v) is 17.9. The lowest BCUT2D eigenvalue weighted by Crippen LogP contribution is -2.12. The van der Waals surface area contributed by atoms with Crippen LogP contribution in [0.2, 0.25) is 0 Å². The van der Waals surface area contributed by atoms with Gasteiger partial charge < -0.3 is 5.32 Å². The van der Waals surface area contributed by atoms with Crippen molar-refractivity contribution in [1.29, 1.82) is 0 Å². The normalized spacial score (nSPS) is 10.8. The summed E-state index contributed by atoms with van der Waals surface area (Å²) in [4.78, 5) is 23.5. The molecular weight excluding hydrogens is 408 g/mol. The number of nitro groups is 1. The van der Waals surface area contributed by atoms with Crippen LogP contribution in [0.1, 0.15) is 33.0 Å². The molecule has 1 amide bonds. The summed E-state index contributed by atoms with van der Waals surface area (Å²) in [7, 11) is 0. The summed E-state index contributed by atoms with van der Waals surface area (Å²) in [5.74, 6) is -0.229. The van der Waals surface area contributed by atoms with Crippen molar-refractivity contribution in [3.63, 3.8) is 0 Å². The van der Waals surface area contributed by atoms with Crippen molar-refractivity contribution in [2.75, 3.05) is 5.32 Å². The van der Waals surface area contributed by atoms with Gasteiger partial charge >= 0.3 is 5.69 Å². The minimum Gasteiger partial charge on any atom is -0.322 e. The van der Waals surface area contributed by atoms with E-state index in [0.717, 1.165) is 16.9 Å². The van der Waals surface area contributed by atoms with Crippen molar-refractivity contribution in [2.45, 2.75) is 27.3 Å². The summed E-state index contributed by atoms with van der Waals surface area (Å²) in [6.45, 7) is 5.65. The van der Waals surface area contributed by atoms with Crippen molar-refractivity contribution >= 4 is 17.3 Å². The minimum atomic E-state index is -0.412. The molecule has 0 spiro atoms. The Hall–Kier alpha value is -4.27. The number of nitrogens with one attached hydrogen (secondary N) is 1. The Morgan fingerprint density at radius 2 is 1.84 bits per heavy atom. The van der Waals surface area contributed by atoms with E-state index in [9.17, 15) is 14.9 Å². The fraction of sp³-hybridized carbons (Fsp3) is 0.174. The number of carbonyl (C=O) groups is 1. The van der Waals surface area contributed by atoms with E-state index in [-0.39, 0.29) is 11.6 Å². The Balaban J connectivity index is 1.47. The molecule has 0 fully saturated rings. The summed E-state index contributed by atoms with van der Waals surface area (Å²) in [5.41, 5.74) is 4.84. The molecule has 2 aromatic carbocycles. The molecule has 2 aromatic heterocycles. The van der Waals surface area contributed by atoms with E-state index < -0.39 is 4.92 Å². The average Bonchev–Trinajstić information content (AvgIpc) is 3.31. The van der Waals surface area contributed by atoms with Gasteiger partial charge in [-0.1, -0.05) is 18.2 Å². The Bertz CT molecular complexity index is 1300. The zero-order valence-electron chi connectivity index (χ0n) is 17.9. The Kier molecular flexibility index (Phi) is 5.55. The van der Waals surface area contributed by atoms with Gasteiger partial charge in [0.05, 0.1) is 17.2 Å². The van der Waals surface area contributed by atoms with Gasteiger partial charge in [0.15, 0.2) is 0 Å². The summed E-state index contributed by atoms with van der Waals surface area (Å²) in [6, 6.07) is 16.5. The number of rotatable bonds is 6. The van der Waals surface area contributed by atoms with Gasteiger partial charge in [0.25, 0.3) is 5.91 Å². The van der Waals surface area contributed by atoms with E-state index in [1.165, 1.54) is 0 Å². The number of aromatic nitrogens is 4. The van der Waals surface area contributed by atoms with Crippen LogP contribution in [0.25, 0.3) is 5.69 Å². The second kappa shape index (κ2) is 8.46. The highest BCUT2D eigenvalue weighted by Crippen LogP contribution is 2.23. The molecule has 2 heterocycles. The van der Waals surface area contributed by atoms with E-state index in [1.807, 2.05) is 49.4 Å². The highest BCUT2D eigenvalue weighted by atomic mass is 16.6. The Morgan fingerprint density at radius 3 is 2.47 bits per heavy atom. The molecule has 0 atom stereocenters. The topological polar surface area (TPSA) is 108 Å². The highest BCUT2D eigenvalue weighted by Gasteiger charge is 2.21. The van der Waals surface area contributed by atoms with Crippen molar-refractivity contribution in [1.82, 2.24) is 19.6 Å². The summed E-state index contributed by atoms with van der Waals surface area (Å²) < 4.78 is 3.40.